The molecule has 0 bridgehead atoms. The zero-order valence-corrected chi connectivity index (χ0v) is 14.3. The van der Waals surface area contributed by atoms with E-state index in [0.717, 1.165) is 11.3 Å². The highest BCUT2D eigenvalue weighted by molar-refractivity contribution is 7.13. The molecule has 0 aliphatic heterocycles. The van der Waals surface area contributed by atoms with Gasteiger partial charge in [-0.3, -0.25) is 4.79 Å². The van der Waals surface area contributed by atoms with Crippen LogP contribution in [0.25, 0.3) is 0 Å². The van der Waals surface area contributed by atoms with Crippen molar-refractivity contribution < 1.29 is 4.79 Å². The molecule has 0 spiro atoms. The predicted molar refractivity (Wildman–Crippen MR) is 96.6 cm³/mol. The maximum Gasteiger partial charge on any atom is 0.226 e. The van der Waals surface area contributed by atoms with Gasteiger partial charge in [0.2, 0.25) is 5.91 Å². The fraction of sp³-hybridized carbons (Fsp3) is 0.118. The average Bonchev–Trinajstić information content (AvgIpc) is 3.03. The highest BCUT2D eigenvalue weighted by Gasteiger charge is 2.08. The van der Waals surface area contributed by atoms with Gasteiger partial charge in [0.25, 0.3) is 0 Å². The van der Waals surface area contributed by atoms with Crippen LogP contribution in [0, 0.1) is 0 Å². The summed E-state index contributed by atoms with van der Waals surface area (Å²) in [6.07, 6.45) is 1.81. The minimum Gasteiger partial charge on any atom is -0.352 e. The molecular formula is C17H15ClN4OS. The summed E-state index contributed by atoms with van der Waals surface area (Å²) in [4.78, 5) is 20.5. The average molecular weight is 359 g/mol. The number of pyridine rings is 1. The second kappa shape index (κ2) is 7.90. The molecule has 7 heteroatoms. The molecule has 3 aromatic rings. The van der Waals surface area contributed by atoms with Gasteiger partial charge in [-0.2, -0.15) is 0 Å². The maximum absolute atomic E-state index is 12.0. The molecule has 5 nitrogen and oxygen atoms in total. The van der Waals surface area contributed by atoms with Crippen LogP contribution < -0.4 is 10.6 Å². The van der Waals surface area contributed by atoms with Crippen molar-refractivity contribution in [2.24, 2.45) is 0 Å². The molecule has 0 radical (unpaired) electrons. The second-order valence-electron chi connectivity index (χ2n) is 5.07. The largest absolute Gasteiger partial charge is 0.352 e. The van der Waals surface area contributed by atoms with Crippen LogP contribution in [-0.2, 0) is 17.8 Å². The van der Waals surface area contributed by atoms with E-state index in [1.165, 1.54) is 11.3 Å². The molecule has 1 amide bonds. The van der Waals surface area contributed by atoms with Gasteiger partial charge in [0.05, 0.1) is 17.1 Å². The molecule has 2 N–H and O–H groups in total. The summed E-state index contributed by atoms with van der Waals surface area (Å²) >= 11 is 7.23. The fourth-order valence-electron chi connectivity index (χ4n) is 2.03. The van der Waals surface area contributed by atoms with Crippen molar-refractivity contribution >= 4 is 39.8 Å². The van der Waals surface area contributed by atoms with Crippen LogP contribution in [0.2, 0.25) is 5.02 Å². The first-order chi connectivity index (χ1) is 11.7. The van der Waals surface area contributed by atoms with E-state index in [2.05, 4.69) is 20.6 Å². The Morgan fingerprint density at radius 3 is 2.75 bits per heavy atom. The summed E-state index contributed by atoms with van der Waals surface area (Å²) in [5.41, 5.74) is 1.79. The Morgan fingerprint density at radius 2 is 2.00 bits per heavy atom. The first-order valence-corrected chi connectivity index (χ1v) is 8.58. The monoisotopic (exact) mass is 358 g/mol. The van der Waals surface area contributed by atoms with Crippen molar-refractivity contribution in [1.29, 1.82) is 0 Å². The van der Waals surface area contributed by atoms with Crippen molar-refractivity contribution in [1.82, 2.24) is 15.3 Å². The number of benzene rings is 1. The molecule has 3 rings (SSSR count). The summed E-state index contributed by atoms with van der Waals surface area (Å²) in [6, 6.07) is 13.3. The van der Waals surface area contributed by atoms with E-state index in [9.17, 15) is 4.79 Å². The molecule has 0 fully saturated rings. The number of thiazole rings is 1. The summed E-state index contributed by atoms with van der Waals surface area (Å²) in [6.45, 7) is 0.517. The van der Waals surface area contributed by atoms with Gasteiger partial charge < -0.3 is 10.6 Å². The van der Waals surface area contributed by atoms with E-state index in [1.54, 1.807) is 18.3 Å². The summed E-state index contributed by atoms with van der Waals surface area (Å²) in [5.74, 6) is 0.606. The lowest BCUT2D eigenvalue weighted by Gasteiger charge is -2.04. The van der Waals surface area contributed by atoms with Crippen LogP contribution in [-0.4, -0.2) is 15.9 Å². The molecule has 0 saturated heterocycles. The molecule has 0 aliphatic carbocycles. The minimum absolute atomic E-state index is 0.0553. The third kappa shape index (κ3) is 4.78. The Balaban J connectivity index is 1.51. The number of hydrogen-bond donors (Lipinski definition) is 2. The summed E-state index contributed by atoms with van der Waals surface area (Å²) in [7, 11) is 0. The number of aromatic nitrogens is 2. The van der Waals surface area contributed by atoms with E-state index in [0.29, 0.717) is 22.5 Å². The van der Waals surface area contributed by atoms with E-state index < -0.39 is 0 Å². The number of nitrogens with one attached hydrogen (secondary N) is 2. The Bertz CT molecular complexity index is 805. The first kappa shape index (κ1) is 16.4. The topological polar surface area (TPSA) is 66.9 Å². The van der Waals surface area contributed by atoms with Gasteiger partial charge in [0, 0.05) is 18.1 Å². The predicted octanol–water partition coefficient (Wildman–Crippen LogP) is 3.79. The smallest absolute Gasteiger partial charge is 0.226 e. The van der Waals surface area contributed by atoms with Crippen LogP contribution in [0.4, 0.5) is 10.9 Å². The van der Waals surface area contributed by atoms with Gasteiger partial charge in [-0.25, -0.2) is 9.97 Å². The first-order valence-electron chi connectivity index (χ1n) is 7.32. The van der Waals surface area contributed by atoms with Gasteiger partial charge in [-0.05, 0) is 17.7 Å². The van der Waals surface area contributed by atoms with Crippen molar-refractivity contribution in [3.63, 3.8) is 0 Å². The number of amides is 1. The van der Waals surface area contributed by atoms with Crippen LogP contribution in [0.3, 0.4) is 0 Å². The normalized spacial score (nSPS) is 10.4. The molecule has 0 saturated carbocycles. The summed E-state index contributed by atoms with van der Waals surface area (Å²) < 4.78 is 0. The third-order valence-electron chi connectivity index (χ3n) is 3.19. The number of halogens is 1. The highest BCUT2D eigenvalue weighted by atomic mass is 35.5. The highest BCUT2D eigenvalue weighted by Crippen LogP contribution is 2.20. The van der Waals surface area contributed by atoms with Gasteiger partial charge >= 0.3 is 0 Å². The number of rotatable bonds is 6. The van der Waals surface area contributed by atoms with E-state index in [-0.39, 0.29) is 12.3 Å². The second-order valence-corrected chi connectivity index (χ2v) is 6.36. The Labute approximate surface area is 148 Å². The molecule has 24 heavy (non-hydrogen) atoms. The van der Waals surface area contributed by atoms with Gasteiger partial charge in [0.1, 0.15) is 5.82 Å². The van der Waals surface area contributed by atoms with Crippen LogP contribution >= 0.6 is 22.9 Å². The van der Waals surface area contributed by atoms with Gasteiger partial charge in [0.15, 0.2) is 5.13 Å². The molecule has 0 atom stereocenters. The van der Waals surface area contributed by atoms with E-state index >= 15 is 0 Å². The number of anilines is 2. The van der Waals surface area contributed by atoms with Crippen molar-refractivity contribution in [3.8, 4) is 0 Å². The molecule has 122 valence electrons. The van der Waals surface area contributed by atoms with Crippen LogP contribution in [0.15, 0.2) is 54.0 Å². The molecule has 2 heterocycles. The number of carbonyl (C=O) groups excluding carboxylic acids is 1. The van der Waals surface area contributed by atoms with Crippen molar-refractivity contribution in [2.75, 3.05) is 5.32 Å². The SMILES string of the molecule is O=C(Cc1csc(Nc2ccc(Cl)cn2)n1)NCc1ccccc1. The number of hydrogen-bond acceptors (Lipinski definition) is 5. The number of carbonyl (C=O) groups is 1. The zero-order chi connectivity index (χ0) is 16.8. The van der Waals surface area contributed by atoms with Gasteiger partial charge in [-0.1, -0.05) is 41.9 Å². The lowest BCUT2D eigenvalue weighted by atomic mass is 10.2. The minimum atomic E-state index is -0.0553. The lowest BCUT2D eigenvalue weighted by molar-refractivity contribution is -0.120. The standard InChI is InChI=1S/C17H15ClN4OS/c18-13-6-7-15(19-10-13)22-17-21-14(11-24-17)8-16(23)20-9-12-4-2-1-3-5-12/h1-7,10-11H,8-9H2,(H,20,23)(H,19,21,22). The number of nitrogens with zero attached hydrogens (tertiary/aromatic N) is 2. The Morgan fingerprint density at radius 1 is 1.17 bits per heavy atom. The van der Waals surface area contributed by atoms with Gasteiger partial charge in [-0.15, -0.1) is 11.3 Å². The Hall–Kier alpha value is -2.44. The van der Waals surface area contributed by atoms with Crippen LogP contribution in [0.1, 0.15) is 11.3 Å². The zero-order valence-electron chi connectivity index (χ0n) is 12.7. The molecular weight excluding hydrogens is 344 g/mol. The molecule has 2 aromatic heterocycles. The van der Waals surface area contributed by atoms with E-state index in [4.69, 9.17) is 11.6 Å². The Kier molecular flexibility index (Phi) is 5.40. The fourth-order valence-corrected chi connectivity index (χ4v) is 2.86. The summed E-state index contributed by atoms with van der Waals surface area (Å²) in [5, 5.41) is 9.11. The lowest BCUT2D eigenvalue weighted by Crippen LogP contribution is -2.24. The van der Waals surface area contributed by atoms with Crippen molar-refractivity contribution in [3.05, 3.63) is 70.3 Å². The maximum atomic E-state index is 12.0. The third-order valence-corrected chi connectivity index (χ3v) is 4.22. The van der Waals surface area contributed by atoms with Crippen molar-refractivity contribution in [2.45, 2.75) is 13.0 Å². The van der Waals surface area contributed by atoms with Crippen LogP contribution in [0.5, 0.6) is 0 Å². The molecule has 0 aliphatic rings. The quantitative estimate of drug-likeness (QED) is 0.703. The van der Waals surface area contributed by atoms with E-state index in [1.807, 2.05) is 35.7 Å². The molecule has 0 unspecified atom stereocenters. The molecule has 1 aromatic carbocycles.